The summed E-state index contributed by atoms with van der Waals surface area (Å²) < 4.78 is 14.2. The van der Waals surface area contributed by atoms with E-state index in [4.69, 9.17) is 9.47 Å². The van der Waals surface area contributed by atoms with Crippen molar-refractivity contribution in [2.45, 2.75) is 43.6 Å². The molecule has 0 unspecified atom stereocenters. The van der Waals surface area contributed by atoms with E-state index in [1.807, 2.05) is 12.5 Å². The molecule has 2 aromatic rings. The summed E-state index contributed by atoms with van der Waals surface area (Å²) in [6, 6.07) is 0. The van der Waals surface area contributed by atoms with Crippen molar-refractivity contribution in [3.8, 4) is 0 Å². The molecule has 0 spiro atoms. The molecule has 0 saturated carbocycles. The minimum Gasteiger partial charge on any atom is -0.354 e. The molecule has 0 bridgehead atoms. The minimum atomic E-state index is -0.363. The molecule has 0 fully saturated rings. The molecule has 2 rings (SSSR count). The number of nitrogens with zero attached hydrogens (tertiary/aromatic N) is 6. The van der Waals surface area contributed by atoms with Gasteiger partial charge in [0.05, 0.1) is 12.9 Å². The number of thioether (sulfide) groups is 1. The van der Waals surface area contributed by atoms with E-state index in [1.165, 1.54) is 0 Å². The molecule has 0 radical (unpaired) electrons. The Labute approximate surface area is 127 Å². The van der Waals surface area contributed by atoms with E-state index >= 15 is 0 Å². The number of aryl methyl sites for hydroxylation is 1. The van der Waals surface area contributed by atoms with Gasteiger partial charge in [0, 0.05) is 38.4 Å². The van der Waals surface area contributed by atoms with Crippen molar-refractivity contribution >= 4 is 11.8 Å². The summed E-state index contributed by atoms with van der Waals surface area (Å²) in [6.07, 6.45) is 4.45. The molecule has 0 aliphatic carbocycles. The first-order chi connectivity index (χ1) is 10.3. The van der Waals surface area contributed by atoms with Crippen molar-refractivity contribution in [3.05, 3.63) is 18.2 Å². The van der Waals surface area contributed by atoms with Gasteiger partial charge in [0.2, 0.25) is 5.16 Å². The zero-order chi connectivity index (χ0) is 15.1. The Morgan fingerprint density at radius 1 is 1.33 bits per heavy atom. The van der Waals surface area contributed by atoms with Gasteiger partial charge in [-0.05, 0) is 16.8 Å². The van der Waals surface area contributed by atoms with Crippen LogP contribution >= 0.6 is 11.8 Å². The van der Waals surface area contributed by atoms with Crippen molar-refractivity contribution in [1.29, 1.82) is 0 Å². The Balaban J connectivity index is 1.97. The summed E-state index contributed by atoms with van der Waals surface area (Å²) in [7, 11) is 3.18. The van der Waals surface area contributed by atoms with Crippen LogP contribution in [0.5, 0.6) is 0 Å². The zero-order valence-electron chi connectivity index (χ0n) is 12.5. The number of hydrogen-bond donors (Lipinski definition) is 0. The van der Waals surface area contributed by atoms with Crippen LogP contribution in [-0.4, -0.2) is 50.3 Å². The smallest absolute Gasteiger partial charge is 0.209 e. The maximum Gasteiger partial charge on any atom is 0.209 e. The van der Waals surface area contributed by atoms with Crippen LogP contribution < -0.4 is 0 Å². The summed E-state index contributed by atoms with van der Waals surface area (Å²) in [5, 5.41) is 12.4. The second-order valence-electron chi connectivity index (χ2n) is 4.41. The maximum atomic E-state index is 5.17. The fraction of sp³-hybridized carbons (Fsp3) is 0.667. The highest BCUT2D eigenvalue weighted by atomic mass is 32.2. The van der Waals surface area contributed by atoms with E-state index in [-0.39, 0.29) is 6.29 Å². The monoisotopic (exact) mass is 312 g/mol. The maximum absolute atomic E-state index is 5.17. The molecular formula is C12H20N6O2S. The number of imidazole rings is 1. The van der Waals surface area contributed by atoms with Crippen molar-refractivity contribution in [2.24, 2.45) is 0 Å². The number of hydrogen-bond acceptors (Lipinski definition) is 7. The van der Waals surface area contributed by atoms with Crippen molar-refractivity contribution in [2.75, 3.05) is 14.2 Å². The summed E-state index contributed by atoms with van der Waals surface area (Å²) in [5.74, 6) is 0.769. The van der Waals surface area contributed by atoms with Crippen LogP contribution in [-0.2, 0) is 28.3 Å². The summed E-state index contributed by atoms with van der Waals surface area (Å²) in [4.78, 5) is 4.19. The third kappa shape index (κ3) is 4.26. The third-order valence-electron chi connectivity index (χ3n) is 2.96. The highest BCUT2D eigenvalue weighted by Crippen LogP contribution is 2.20. The zero-order valence-corrected chi connectivity index (χ0v) is 13.3. The van der Waals surface area contributed by atoms with E-state index in [0.29, 0.717) is 6.54 Å². The number of ether oxygens (including phenoxy) is 2. The first kappa shape index (κ1) is 15.9. The number of tetrazole rings is 1. The summed E-state index contributed by atoms with van der Waals surface area (Å²) in [6.45, 7) is 3.57. The Kier molecular flexibility index (Phi) is 6.15. The Bertz CT molecular complexity index is 539. The fourth-order valence-electron chi connectivity index (χ4n) is 1.85. The van der Waals surface area contributed by atoms with Crippen LogP contribution in [0, 0.1) is 0 Å². The van der Waals surface area contributed by atoms with Gasteiger partial charge in [-0.15, -0.1) is 5.10 Å². The van der Waals surface area contributed by atoms with Gasteiger partial charge in [-0.1, -0.05) is 18.7 Å². The average Bonchev–Trinajstić information content (AvgIpc) is 3.12. The average molecular weight is 312 g/mol. The van der Waals surface area contributed by atoms with Gasteiger partial charge in [-0.25, -0.2) is 9.67 Å². The Morgan fingerprint density at radius 2 is 2.14 bits per heavy atom. The van der Waals surface area contributed by atoms with E-state index in [2.05, 4.69) is 32.0 Å². The quantitative estimate of drug-likeness (QED) is 0.508. The molecule has 0 atom stereocenters. The standard InChI is InChI=1S/C12H20N6O2S/c1-4-5-17-9-13-6-10(17)8-21-12-14-15-16-18(12)7-11(19-2)20-3/h6,9,11H,4-5,7-8H2,1-3H3. The third-order valence-corrected chi connectivity index (χ3v) is 3.95. The molecule has 2 aromatic heterocycles. The molecule has 2 heterocycles. The van der Waals surface area contributed by atoms with Crippen molar-refractivity contribution < 1.29 is 9.47 Å². The molecule has 21 heavy (non-hydrogen) atoms. The summed E-state index contributed by atoms with van der Waals surface area (Å²) >= 11 is 1.57. The molecule has 0 aliphatic heterocycles. The number of methoxy groups -OCH3 is 2. The fourth-order valence-corrected chi connectivity index (χ4v) is 2.72. The number of rotatable bonds is 9. The molecule has 0 N–H and O–H groups in total. The lowest BCUT2D eigenvalue weighted by molar-refractivity contribution is -0.113. The second-order valence-corrected chi connectivity index (χ2v) is 5.35. The van der Waals surface area contributed by atoms with Crippen molar-refractivity contribution in [1.82, 2.24) is 29.8 Å². The minimum absolute atomic E-state index is 0.363. The first-order valence-electron chi connectivity index (χ1n) is 6.72. The van der Waals surface area contributed by atoms with Gasteiger partial charge in [0.15, 0.2) is 6.29 Å². The van der Waals surface area contributed by atoms with E-state index in [9.17, 15) is 0 Å². The number of aromatic nitrogens is 6. The van der Waals surface area contributed by atoms with Crippen LogP contribution in [0.4, 0.5) is 0 Å². The Morgan fingerprint density at radius 3 is 2.86 bits per heavy atom. The predicted octanol–water partition coefficient (Wildman–Crippen LogP) is 1.19. The normalized spacial score (nSPS) is 11.4. The lowest BCUT2D eigenvalue weighted by Crippen LogP contribution is -2.21. The van der Waals surface area contributed by atoms with Crippen LogP contribution in [0.3, 0.4) is 0 Å². The van der Waals surface area contributed by atoms with Gasteiger partial charge in [0.25, 0.3) is 0 Å². The largest absolute Gasteiger partial charge is 0.354 e. The van der Waals surface area contributed by atoms with Gasteiger partial charge in [0.1, 0.15) is 0 Å². The SMILES string of the molecule is CCCn1cncc1CSc1nnnn1CC(OC)OC. The molecular weight excluding hydrogens is 292 g/mol. The second kappa shape index (κ2) is 8.11. The lowest BCUT2D eigenvalue weighted by atomic mass is 10.4. The van der Waals surface area contributed by atoms with Gasteiger partial charge >= 0.3 is 0 Å². The molecule has 0 saturated heterocycles. The molecule has 0 aromatic carbocycles. The van der Waals surface area contributed by atoms with E-state index < -0.39 is 0 Å². The van der Waals surface area contributed by atoms with Crippen molar-refractivity contribution in [3.63, 3.8) is 0 Å². The van der Waals surface area contributed by atoms with E-state index in [0.717, 1.165) is 29.6 Å². The molecule has 0 aliphatic rings. The Hall–Kier alpha value is -1.45. The molecule has 9 heteroatoms. The highest BCUT2D eigenvalue weighted by Gasteiger charge is 2.13. The van der Waals surface area contributed by atoms with Crippen LogP contribution in [0.25, 0.3) is 0 Å². The topological polar surface area (TPSA) is 79.9 Å². The molecule has 0 amide bonds. The van der Waals surface area contributed by atoms with Gasteiger partial charge in [-0.2, -0.15) is 0 Å². The van der Waals surface area contributed by atoms with Crippen LogP contribution in [0.2, 0.25) is 0 Å². The van der Waals surface area contributed by atoms with Gasteiger partial charge < -0.3 is 14.0 Å². The molecule has 116 valence electrons. The highest BCUT2D eigenvalue weighted by molar-refractivity contribution is 7.98. The van der Waals surface area contributed by atoms with Crippen LogP contribution in [0.1, 0.15) is 19.0 Å². The van der Waals surface area contributed by atoms with Crippen LogP contribution in [0.15, 0.2) is 17.7 Å². The van der Waals surface area contributed by atoms with Gasteiger partial charge in [-0.3, -0.25) is 0 Å². The lowest BCUT2D eigenvalue weighted by Gasteiger charge is -2.13. The van der Waals surface area contributed by atoms with E-state index in [1.54, 1.807) is 30.7 Å². The summed E-state index contributed by atoms with van der Waals surface area (Å²) in [5.41, 5.74) is 1.16. The first-order valence-corrected chi connectivity index (χ1v) is 7.70. The molecule has 8 nitrogen and oxygen atoms in total. The predicted molar refractivity (Wildman–Crippen MR) is 77.7 cm³/mol.